The van der Waals surface area contributed by atoms with Crippen LogP contribution in [0.1, 0.15) is 5.56 Å². The van der Waals surface area contributed by atoms with Gasteiger partial charge in [-0.05, 0) is 54.2 Å². The molecule has 0 aliphatic carbocycles. The van der Waals surface area contributed by atoms with Crippen molar-refractivity contribution in [3.63, 3.8) is 0 Å². The molecule has 0 aliphatic heterocycles. The third kappa shape index (κ3) is 4.51. The van der Waals surface area contributed by atoms with E-state index in [0.29, 0.717) is 11.8 Å². The van der Waals surface area contributed by atoms with Crippen molar-refractivity contribution in [1.29, 1.82) is 0 Å². The largest absolute Gasteiger partial charge is 0.497 e. The summed E-state index contributed by atoms with van der Waals surface area (Å²) in [6, 6.07) is 11.4. The van der Waals surface area contributed by atoms with Crippen LogP contribution in [0.3, 0.4) is 0 Å². The van der Waals surface area contributed by atoms with Gasteiger partial charge in [0.1, 0.15) is 5.75 Å². The average Bonchev–Trinajstić information content (AvgIpc) is 2.49. The molecule has 0 saturated carbocycles. The van der Waals surface area contributed by atoms with Gasteiger partial charge in [-0.2, -0.15) is 0 Å². The molecule has 1 aromatic carbocycles. The molecule has 4 nitrogen and oxygen atoms in total. The van der Waals surface area contributed by atoms with Crippen LogP contribution in [0.2, 0.25) is 0 Å². The van der Waals surface area contributed by atoms with Crippen molar-refractivity contribution < 1.29 is 9.47 Å². The molecule has 5 heteroatoms. The van der Waals surface area contributed by atoms with Crippen LogP contribution in [0.5, 0.6) is 5.75 Å². The van der Waals surface area contributed by atoms with Crippen LogP contribution in [0, 0.1) is 0 Å². The zero-order valence-corrected chi connectivity index (χ0v) is 12.0. The maximum absolute atomic E-state index is 5.48. The van der Waals surface area contributed by atoms with Gasteiger partial charge in [0.2, 0.25) is 0 Å². The van der Waals surface area contributed by atoms with Crippen LogP contribution in [0.25, 0.3) is 0 Å². The number of rotatable bonds is 5. The van der Waals surface area contributed by atoms with E-state index < -0.39 is 0 Å². The first kappa shape index (κ1) is 14.3. The van der Waals surface area contributed by atoms with Crippen molar-refractivity contribution >= 4 is 23.1 Å². The van der Waals surface area contributed by atoms with Crippen molar-refractivity contribution in [2.45, 2.75) is 6.42 Å². The average molecular weight is 288 g/mol. The fourth-order valence-corrected chi connectivity index (χ4v) is 1.84. The molecule has 20 heavy (non-hydrogen) atoms. The molecule has 0 radical (unpaired) electrons. The van der Waals surface area contributed by atoms with E-state index in [4.69, 9.17) is 21.7 Å². The molecular formula is C15H16N2O2S. The molecule has 1 N–H and O–H groups in total. The molecule has 0 spiro atoms. The van der Waals surface area contributed by atoms with E-state index in [1.165, 1.54) is 5.56 Å². The molecule has 0 amide bonds. The summed E-state index contributed by atoms with van der Waals surface area (Å²) in [4.78, 5) is 3.97. The molecule has 0 unspecified atom stereocenters. The van der Waals surface area contributed by atoms with Gasteiger partial charge in [0.15, 0.2) is 0 Å². The minimum absolute atomic E-state index is 0.365. The van der Waals surface area contributed by atoms with E-state index in [1.54, 1.807) is 19.5 Å². The van der Waals surface area contributed by atoms with Gasteiger partial charge in [-0.1, -0.05) is 0 Å². The molecule has 1 heterocycles. The van der Waals surface area contributed by atoms with Crippen molar-refractivity contribution in [3.05, 3.63) is 54.4 Å². The quantitative estimate of drug-likeness (QED) is 0.857. The molecule has 0 atom stereocenters. The predicted octanol–water partition coefficient (Wildman–Crippen LogP) is 3.05. The van der Waals surface area contributed by atoms with Crippen LogP contribution >= 0.6 is 12.2 Å². The lowest BCUT2D eigenvalue weighted by Crippen LogP contribution is -2.14. The van der Waals surface area contributed by atoms with Gasteiger partial charge >= 0.3 is 0 Å². The Morgan fingerprint density at radius 3 is 2.50 bits per heavy atom. The minimum atomic E-state index is 0.365. The van der Waals surface area contributed by atoms with Crippen LogP contribution < -0.4 is 10.1 Å². The third-order valence-electron chi connectivity index (χ3n) is 2.71. The molecule has 0 fully saturated rings. The number of hydrogen-bond donors (Lipinski definition) is 1. The van der Waals surface area contributed by atoms with Gasteiger partial charge in [-0.15, -0.1) is 0 Å². The number of nitrogens with one attached hydrogen (secondary N) is 1. The lowest BCUT2D eigenvalue weighted by molar-refractivity contribution is 0.316. The van der Waals surface area contributed by atoms with Crippen molar-refractivity contribution in [1.82, 2.24) is 4.98 Å². The normalized spacial score (nSPS) is 9.85. The standard InChI is InChI=1S/C15H16N2O2S/c1-18-14-4-2-13(3-5-14)17-15(20)19-11-8-12-6-9-16-10-7-12/h2-7,9-10H,8,11H2,1H3,(H,17,20). The van der Waals surface area contributed by atoms with E-state index in [0.717, 1.165) is 17.9 Å². The van der Waals surface area contributed by atoms with E-state index in [1.807, 2.05) is 36.4 Å². The molecule has 0 saturated heterocycles. The van der Waals surface area contributed by atoms with Gasteiger partial charge < -0.3 is 14.8 Å². The molecule has 2 aromatic rings. The maximum Gasteiger partial charge on any atom is 0.261 e. The van der Waals surface area contributed by atoms with Crippen LogP contribution in [0.15, 0.2) is 48.8 Å². The van der Waals surface area contributed by atoms with E-state index in [9.17, 15) is 0 Å². The molecule has 0 aliphatic rings. The predicted molar refractivity (Wildman–Crippen MR) is 83.1 cm³/mol. The molecule has 2 rings (SSSR count). The first-order valence-electron chi connectivity index (χ1n) is 6.24. The van der Waals surface area contributed by atoms with Gasteiger partial charge in [0.05, 0.1) is 13.7 Å². The van der Waals surface area contributed by atoms with Crippen molar-refractivity contribution in [2.24, 2.45) is 0 Å². The fraction of sp³-hybridized carbons (Fsp3) is 0.200. The topological polar surface area (TPSA) is 43.4 Å². The van der Waals surface area contributed by atoms with E-state index in [-0.39, 0.29) is 0 Å². The Bertz CT molecular complexity index is 544. The highest BCUT2D eigenvalue weighted by atomic mass is 32.1. The third-order valence-corrected chi connectivity index (χ3v) is 2.93. The Hall–Kier alpha value is -2.14. The smallest absolute Gasteiger partial charge is 0.261 e. The number of benzene rings is 1. The monoisotopic (exact) mass is 288 g/mol. The van der Waals surface area contributed by atoms with Crippen molar-refractivity contribution in [2.75, 3.05) is 19.0 Å². The summed E-state index contributed by atoms with van der Waals surface area (Å²) in [5, 5.41) is 3.39. The van der Waals surface area contributed by atoms with Crippen molar-refractivity contribution in [3.8, 4) is 5.75 Å². The van der Waals surface area contributed by atoms with Crippen LogP contribution in [0.4, 0.5) is 5.69 Å². The Balaban J connectivity index is 1.74. The summed E-state index contributed by atoms with van der Waals surface area (Å²) in [6.07, 6.45) is 4.33. The number of anilines is 1. The highest BCUT2D eigenvalue weighted by Gasteiger charge is 2.00. The number of thiocarbonyl (C=S) groups is 1. The number of pyridine rings is 1. The maximum atomic E-state index is 5.48. The molecular weight excluding hydrogens is 272 g/mol. The Kier molecular flexibility index (Phi) is 5.32. The Labute approximate surface area is 123 Å². The second kappa shape index (κ2) is 7.45. The zero-order chi connectivity index (χ0) is 14.2. The lowest BCUT2D eigenvalue weighted by atomic mass is 10.2. The molecule has 1 aromatic heterocycles. The molecule has 104 valence electrons. The number of methoxy groups -OCH3 is 1. The number of aromatic nitrogens is 1. The SMILES string of the molecule is COc1ccc(NC(=S)OCCc2ccncc2)cc1. The lowest BCUT2D eigenvalue weighted by Gasteiger charge is -2.10. The van der Waals surface area contributed by atoms with Crippen LogP contribution in [-0.4, -0.2) is 23.9 Å². The van der Waals surface area contributed by atoms with E-state index in [2.05, 4.69) is 10.3 Å². The van der Waals surface area contributed by atoms with Gasteiger partial charge in [0, 0.05) is 24.5 Å². The summed E-state index contributed by atoms with van der Waals surface area (Å²) in [6.45, 7) is 0.534. The highest BCUT2D eigenvalue weighted by Crippen LogP contribution is 2.15. The van der Waals surface area contributed by atoms with Gasteiger partial charge in [0.25, 0.3) is 5.17 Å². The number of nitrogens with zero attached hydrogens (tertiary/aromatic N) is 1. The molecule has 0 bridgehead atoms. The summed E-state index contributed by atoms with van der Waals surface area (Å²) in [7, 11) is 1.63. The second-order valence-corrected chi connectivity index (χ2v) is 4.47. The Morgan fingerprint density at radius 2 is 1.85 bits per heavy atom. The summed E-state index contributed by atoms with van der Waals surface area (Å²) < 4.78 is 10.6. The summed E-state index contributed by atoms with van der Waals surface area (Å²) in [5.41, 5.74) is 2.05. The first-order valence-corrected chi connectivity index (χ1v) is 6.65. The van der Waals surface area contributed by atoms with Gasteiger partial charge in [-0.3, -0.25) is 4.98 Å². The second-order valence-electron chi connectivity index (χ2n) is 4.09. The number of hydrogen-bond acceptors (Lipinski definition) is 4. The number of ether oxygens (including phenoxy) is 2. The first-order chi connectivity index (χ1) is 9.78. The highest BCUT2D eigenvalue weighted by molar-refractivity contribution is 7.80. The Morgan fingerprint density at radius 1 is 1.15 bits per heavy atom. The summed E-state index contributed by atoms with van der Waals surface area (Å²) in [5.74, 6) is 0.806. The summed E-state index contributed by atoms with van der Waals surface area (Å²) >= 11 is 5.14. The van der Waals surface area contributed by atoms with Crippen LogP contribution in [-0.2, 0) is 11.2 Å². The van der Waals surface area contributed by atoms with Gasteiger partial charge in [-0.25, -0.2) is 0 Å². The fourth-order valence-electron chi connectivity index (χ4n) is 1.64. The zero-order valence-electron chi connectivity index (χ0n) is 11.2. The minimum Gasteiger partial charge on any atom is -0.497 e. The van der Waals surface area contributed by atoms with E-state index >= 15 is 0 Å².